The Morgan fingerprint density at radius 1 is 1.41 bits per heavy atom. The van der Waals surface area contributed by atoms with Crippen molar-refractivity contribution in [2.24, 2.45) is 0 Å². The molecule has 22 heavy (non-hydrogen) atoms. The summed E-state index contributed by atoms with van der Waals surface area (Å²) in [4.78, 5) is 19.4. The lowest BCUT2D eigenvalue weighted by Gasteiger charge is -2.22. The molecular weight excluding hydrogens is 298 g/mol. The average molecular weight is 317 g/mol. The van der Waals surface area contributed by atoms with Gasteiger partial charge in [-0.05, 0) is 37.2 Å². The van der Waals surface area contributed by atoms with Gasteiger partial charge in [-0.1, -0.05) is 0 Å². The van der Waals surface area contributed by atoms with E-state index in [1.54, 1.807) is 13.3 Å². The zero-order valence-corrected chi connectivity index (χ0v) is 13.5. The number of hydrogen-bond donors (Lipinski definition) is 1. The van der Waals surface area contributed by atoms with E-state index in [4.69, 9.17) is 4.74 Å². The van der Waals surface area contributed by atoms with Crippen molar-refractivity contribution in [2.45, 2.75) is 12.5 Å². The summed E-state index contributed by atoms with van der Waals surface area (Å²) >= 11 is 1.43. The molecule has 5 nitrogen and oxygen atoms in total. The van der Waals surface area contributed by atoms with Crippen LogP contribution >= 0.6 is 11.3 Å². The van der Waals surface area contributed by atoms with Gasteiger partial charge in [0.05, 0.1) is 13.3 Å². The Morgan fingerprint density at radius 3 is 2.82 bits per heavy atom. The second-order valence-electron chi connectivity index (χ2n) is 5.32. The smallest absolute Gasteiger partial charge is 0.265 e. The number of benzene rings is 1. The number of aromatic nitrogens is 1. The van der Waals surface area contributed by atoms with E-state index in [0.29, 0.717) is 4.88 Å². The Labute approximate surface area is 133 Å². The zero-order valence-electron chi connectivity index (χ0n) is 12.7. The maximum atomic E-state index is 12.5. The van der Waals surface area contributed by atoms with E-state index in [2.05, 4.69) is 10.3 Å². The third-order valence-electron chi connectivity index (χ3n) is 3.96. The lowest BCUT2D eigenvalue weighted by Crippen LogP contribution is -2.37. The largest absolute Gasteiger partial charge is 0.497 e. The molecule has 0 spiro atoms. The van der Waals surface area contributed by atoms with Gasteiger partial charge in [0, 0.05) is 25.2 Å². The second kappa shape index (κ2) is 6.46. The molecule has 2 heterocycles. The first kappa shape index (κ1) is 15.0. The molecule has 1 atom stereocenters. The highest BCUT2D eigenvalue weighted by atomic mass is 32.1. The molecule has 1 unspecified atom stereocenters. The van der Waals surface area contributed by atoms with Crippen molar-refractivity contribution >= 4 is 17.2 Å². The third-order valence-corrected chi connectivity index (χ3v) is 4.99. The van der Waals surface area contributed by atoms with Crippen LogP contribution in [0.1, 0.15) is 16.1 Å². The fourth-order valence-corrected chi connectivity index (χ4v) is 3.45. The monoisotopic (exact) mass is 317 g/mol. The van der Waals surface area contributed by atoms with E-state index in [0.717, 1.165) is 35.8 Å². The van der Waals surface area contributed by atoms with Crippen molar-refractivity contribution in [3.05, 3.63) is 35.3 Å². The highest BCUT2D eigenvalue weighted by Crippen LogP contribution is 2.27. The number of nitrogens with one attached hydrogen (secondary N) is 1. The highest BCUT2D eigenvalue weighted by Gasteiger charge is 2.25. The van der Waals surface area contributed by atoms with Crippen LogP contribution in [0.2, 0.25) is 0 Å². The van der Waals surface area contributed by atoms with Gasteiger partial charge in [-0.3, -0.25) is 4.79 Å². The molecule has 3 rings (SSSR count). The number of hydrogen-bond acceptors (Lipinski definition) is 5. The molecular formula is C16H19N3O2S. The van der Waals surface area contributed by atoms with Crippen LogP contribution in [0.25, 0.3) is 10.6 Å². The number of methoxy groups -OCH3 is 1. The quantitative estimate of drug-likeness (QED) is 0.940. The highest BCUT2D eigenvalue weighted by molar-refractivity contribution is 7.16. The normalized spacial score (nSPS) is 17.5. The molecule has 0 bridgehead atoms. The number of amides is 1. The summed E-state index contributed by atoms with van der Waals surface area (Å²) in [6.45, 7) is 1.84. The van der Waals surface area contributed by atoms with Crippen LogP contribution in [0.3, 0.4) is 0 Å². The molecule has 1 fully saturated rings. The number of ether oxygens (including phenoxy) is 1. The number of likely N-dealkylation sites (N-methyl/N-ethyl adjacent to an activating group) is 1. The van der Waals surface area contributed by atoms with Gasteiger partial charge >= 0.3 is 0 Å². The van der Waals surface area contributed by atoms with E-state index in [-0.39, 0.29) is 11.9 Å². The first-order valence-electron chi connectivity index (χ1n) is 7.27. The van der Waals surface area contributed by atoms with Crippen LogP contribution in [0, 0.1) is 0 Å². The first-order valence-corrected chi connectivity index (χ1v) is 8.09. The molecule has 1 amide bonds. The van der Waals surface area contributed by atoms with E-state index >= 15 is 0 Å². The van der Waals surface area contributed by atoms with Crippen LogP contribution < -0.4 is 10.1 Å². The number of thiazole rings is 1. The van der Waals surface area contributed by atoms with Gasteiger partial charge in [0.15, 0.2) is 0 Å². The molecule has 0 aliphatic carbocycles. The van der Waals surface area contributed by atoms with E-state index < -0.39 is 0 Å². The molecule has 0 saturated carbocycles. The van der Waals surface area contributed by atoms with Gasteiger partial charge in [0.2, 0.25) is 0 Å². The lowest BCUT2D eigenvalue weighted by molar-refractivity contribution is 0.0748. The Balaban J connectivity index is 1.76. The topological polar surface area (TPSA) is 54.5 Å². The average Bonchev–Trinajstić information content (AvgIpc) is 3.25. The minimum absolute atomic E-state index is 0.0472. The lowest BCUT2D eigenvalue weighted by atomic mass is 10.2. The molecule has 116 valence electrons. The number of rotatable bonds is 4. The number of nitrogens with zero attached hydrogens (tertiary/aromatic N) is 2. The van der Waals surface area contributed by atoms with Crippen molar-refractivity contribution < 1.29 is 9.53 Å². The van der Waals surface area contributed by atoms with Gasteiger partial charge in [0.25, 0.3) is 5.91 Å². The molecule has 1 aromatic heterocycles. The number of carbonyl (C=O) groups is 1. The Hall–Kier alpha value is -1.92. The van der Waals surface area contributed by atoms with Gasteiger partial charge in [-0.15, -0.1) is 11.3 Å². The second-order valence-corrected chi connectivity index (χ2v) is 6.35. The predicted octanol–water partition coefficient (Wildman–Crippen LogP) is 2.25. The van der Waals surface area contributed by atoms with E-state index in [9.17, 15) is 4.79 Å². The molecule has 0 radical (unpaired) electrons. The minimum Gasteiger partial charge on any atom is -0.497 e. The molecule has 1 aliphatic heterocycles. The van der Waals surface area contributed by atoms with Crippen LogP contribution in [0.4, 0.5) is 0 Å². The molecule has 2 aromatic rings. The molecule has 1 N–H and O–H groups in total. The van der Waals surface area contributed by atoms with Gasteiger partial charge in [0.1, 0.15) is 15.6 Å². The van der Waals surface area contributed by atoms with Crippen molar-refractivity contribution in [3.63, 3.8) is 0 Å². The Bertz CT molecular complexity index is 648. The summed E-state index contributed by atoms with van der Waals surface area (Å²) in [6, 6.07) is 7.98. The Kier molecular flexibility index (Phi) is 4.40. The summed E-state index contributed by atoms with van der Waals surface area (Å²) in [6.07, 6.45) is 2.68. The molecule has 6 heteroatoms. The minimum atomic E-state index is 0.0472. The van der Waals surface area contributed by atoms with Gasteiger partial charge in [-0.2, -0.15) is 0 Å². The summed E-state index contributed by atoms with van der Waals surface area (Å²) in [5.41, 5.74) is 0.995. The van der Waals surface area contributed by atoms with Crippen molar-refractivity contribution in [2.75, 3.05) is 27.2 Å². The standard InChI is InChI=1S/C16H19N3O2S/c1-19(12-7-8-17-9-12)16(20)14-10-18-15(22-14)11-3-5-13(21-2)6-4-11/h3-6,10,12,17H,7-9H2,1-2H3. The van der Waals surface area contributed by atoms with Gasteiger partial charge in [-0.25, -0.2) is 4.98 Å². The fourth-order valence-electron chi connectivity index (χ4n) is 2.55. The van der Waals surface area contributed by atoms with E-state index in [1.165, 1.54) is 11.3 Å². The molecule has 1 aliphatic rings. The van der Waals surface area contributed by atoms with Crippen molar-refractivity contribution in [1.29, 1.82) is 0 Å². The van der Waals surface area contributed by atoms with Crippen LogP contribution in [-0.2, 0) is 0 Å². The summed E-state index contributed by atoms with van der Waals surface area (Å²) in [7, 11) is 3.51. The van der Waals surface area contributed by atoms with Crippen LogP contribution in [0.15, 0.2) is 30.5 Å². The first-order chi connectivity index (χ1) is 10.7. The fraction of sp³-hybridized carbons (Fsp3) is 0.375. The number of carbonyl (C=O) groups excluding carboxylic acids is 1. The zero-order chi connectivity index (χ0) is 15.5. The molecule has 1 saturated heterocycles. The van der Waals surface area contributed by atoms with Gasteiger partial charge < -0.3 is 15.0 Å². The predicted molar refractivity (Wildman–Crippen MR) is 87.5 cm³/mol. The van der Waals surface area contributed by atoms with Crippen molar-refractivity contribution in [3.8, 4) is 16.3 Å². The maximum Gasteiger partial charge on any atom is 0.265 e. The van der Waals surface area contributed by atoms with Crippen LogP contribution in [0.5, 0.6) is 5.75 Å². The third kappa shape index (κ3) is 2.98. The Morgan fingerprint density at radius 2 is 2.18 bits per heavy atom. The summed E-state index contributed by atoms with van der Waals surface area (Å²) in [5.74, 6) is 0.857. The van der Waals surface area contributed by atoms with Crippen LogP contribution in [-0.4, -0.2) is 49.1 Å². The SMILES string of the molecule is COc1ccc(-c2ncc(C(=O)N(C)C3CCNC3)s2)cc1. The van der Waals surface area contributed by atoms with Crippen molar-refractivity contribution in [1.82, 2.24) is 15.2 Å². The summed E-state index contributed by atoms with van der Waals surface area (Å²) < 4.78 is 5.15. The molecule has 1 aromatic carbocycles. The maximum absolute atomic E-state index is 12.5. The summed E-state index contributed by atoms with van der Waals surface area (Å²) in [5, 5.41) is 4.13. The van der Waals surface area contributed by atoms with E-state index in [1.807, 2.05) is 36.2 Å².